The lowest BCUT2D eigenvalue weighted by molar-refractivity contribution is 0.0595. The number of ether oxygens (including phenoxy) is 1. The van der Waals surface area contributed by atoms with Gasteiger partial charge in [0.15, 0.2) is 0 Å². The summed E-state index contributed by atoms with van der Waals surface area (Å²) in [5, 5.41) is 1.22. The first kappa shape index (κ1) is 20.2. The number of methoxy groups -OCH3 is 1. The Balaban J connectivity index is 1.38. The smallest absolute Gasteiger partial charge is 0.253 e. The highest BCUT2D eigenvalue weighted by Crippen LogP contribution is 2.43. The van der Waals surface area contributed by atoms with Gasteiger partial charge in [0.05, 0.1) is 7.11 Å². The number of piperidine rings is 1. The summed E-state index contributed by atoms with van der Waals surface area (Å²) in [5.74, 6) is 1.22. The molecule has 1 saturated heterocycles. The van der Waals surface area contributed by atoms with Gasteiger partial charge in [-0.3, -0.25) is 9.59 Å². The van der Waals surface area contributed by atoms with E-state index in [4.69, 9.17) is 4.74 Å². The number of carbonyl (C=O) groups excluding carboxylic acids is 1. The number of pyridine rings is 1. The third-order valence-electron chi connectivity index (χ3n) is 6.91. The largest absolute Gasteiger partial charge is 0.497 e. The van der Waals surface area contributed by atoms with Crippen LogP contribution in [0.3, 0.4) is 0 Å². The molecule has 2 aromatic heterocycles. The van der Waals surface area contributed by atoms with E-state index in [0.29, 0.717) is 25.2 Å². The Bertz CT molecular complexity index is 1390. The van der Waals surface area contributed by atoms with Gasteiger partial charge in [-0.2, -0.15) is 0 Å². The molecule has 2 bridgehead atoms. The van der Waals surface area contributed by atoms with Crippen LogP contribution < -0.4 is 10.3 Å². The fourth-order valence-electron chi connectivity index (χ4n) is 5.42. The lowest BCUT2D eigenvalue weighted by atomic mass is 9.81. The number of hydrogen-bond acceptors (Lipinski definition) is 4. The van der Waals surface area contributed by atoms with Gasteiger partial charge in [-0.15, -0.1) is 11.3 Å². The maximum Gasteiger partial charge on any atom is 0.253 e. The van der Waals surface area contributed by atoms with Crippen LogP contribution in [-0.4, -0.2) is 35.6 Å². The molecule has 1 fully saturated rings. The summed E-state index contributed by atoms with van der Waals surface area (Å²) in [5.41, 5.74) is 2.93. The molecule has 5 nitrogen and oxygen atoms in total. The Morgan fingerprint density at radius 1 is 1.00 bits per heavy atom. The van der Waals surface area contributed by atoms with Crippen LogP contribution in [0.2, 0.25) is 0 Å². The van der Waals surface area contributed by atoms with Gasteiger partial charge in [0.2, 0.25) is 0 Å². The van der Waals surface area contributed by atoms with Crippen molar-refractivity contribution >= 4 is 27.3 Å². The molecule has 6 heteroatoms. The number of thiophene rings is 1. The molecule has 4 aromatic rings. The van der Waals surface area contributed by atoms with Crippen LogP contribution in [0.25, 0.3) is 20.5 Å². The zero-order valence-electron chi connectivity index (χ0n) is 18.4. The molecule has 0 spiro atoms. The minimum atomic E-state index is 0.0440. The number of carbonyl (C=O) groups is 1. The molecule has 2 atom stereocenters. The van der Waals surface area contributed by atoms with Crippen molar-refractivity contribution in [2.24, 2.45) is 5.92 Å². The molecule has 166 valence electrons. The van der Waals surface area contributed by atoms with Crippen LogP contribution in [0.4, 0.5) is 0 Å². The van der Waals surface area contributed by atoms with Gasteiger partial charge in [0.25, 0.3) is 11.5 Å². The number of aromatic nitrogens is 1. The molecular weight excluding hydrogens is 432 g/mol. The second-order valence-corrected chi connectivity index (χ2v) is 10.1. The van der Waals surface area contributed by atoms with Crippen LogP contribution in [0.5, 0.6) is 5.75 Å². The Morgan fingerprint density at radius 3 is 2.61 bits per heavy atom. The SMILES string of the molecule is COc1ccc(C(=O)N2CC3CC(C2)c2c(-c4cc5ccccc5s4)ccc(=O)n2C3)cc1. The van der Waals surface area contributed by atoms with Gasteiger partial charge < -0.3 is 14.2 Å². The van der Waals surface area contributed by atoms with Crippen molar-refractivity contribution in [3.8, 4) is 16.2 Å². The van der Waals surface area contributed by atoms with Gasteiger partial charge in [-0.25, -0.2) is 0 Å². The monoisotopic (exact) mass is 456 g/mol. The van der Waals surface area contributed by atoms with E-state index < -0.39 is 0 Å². The summed E-state index contributed by atoms with van der Waals surface area (Å²) in [6, 6.07) is 21.6. The number of hydrogen-bond donors (Lipinski definition) is 0. The molecule has 0 N–H and O–H groups in total. The van der Waals surface area contributed by atoms with E-state index in [1.54, 1.807) is 24.5 Å². The lowest BCUT2D eigenvalue weighted by Gasteiger charge is -2.43. The average molecular weight is 457 g/mol. The normalized spacial score (nSPS) is 19.4. The number of nitrogens with zero attached hydrogens (tertiary/aromatic N) is 2. The Kier molecular flexibility index (Phi) is 4.84. The van der Waals surface area contributed by atoms with E-state index in [9.17, 15) is 9.59 Å². The molecule has 33 heavy (non-hydrogen) atoms. The van der Waals surface area contributed by atoms with Gasteiger partial charge in [0, 0.05) is 58.0 Å². The van der Waals surface area contributed by atoms with Crippen LogP contribution in [-0.2, 0) is 6.54 Å². The predicted molar refractivity (Wildman–Crippen MR) is 131 cm³/mol. The third kappa shape index (κ3) is 3.45. The Hall–Kier alpha value is -3.38. The summed E-state index contributed by atoms with van der Waals surface area (Å²) < 4.78 is 8.43. The Morgan fingerprint density at radius 2 is 1.82 bits per heavy atom. The van der Waals surface area contributed by atoms with Crippen LogP contribution in [0.15, 0.2) is 71.5 Å². The number of likely N-dealkylation sites (tertiary alicyclic amines) is 1. The van der Waals surface area contributed by atoms with Crippen LogP contribution in [0, 0.1) is 5.92 Å². The average Bonchev–Trinajstić information content (AvgIpc) is 3.28. The highest BCUT2D eigenvalue weighted by atomic mass is 32.1. The zero-order valence-corrected chi connectivity index (χ0v) is 19.2. The third-order valence-corrected chi connectivity index (χ3v) is 8.05. The minimum absolute atomic E-state index is 0.0440. The molecule has 1 amide bonds. The first-order chi connectivity index (χ1) is 16.1. The first-order valence-corrected chi connectivity index (χ1v) is 12.1. The van der Waals surface area contributed by atoms with Crippen LogP contribution >= 0.6 is 11.3 Å². The summed E-state index contributed by atoms with van der Waals surface area (Å²) >= 11 is 1.76. The van der Waals surface area contributed by atoms with Gasteiger partial charge in [0.1, 0.15) is 5.75 Å². The molecule has 2 aliphatic rings. The van der Waals surface area contributed by atoms with E-state index in [1.165, 1.54) is 15.0 Å². The molecule has 2 aliphatic heterocycles. The van der Waals surface area contributed by atoms with Crippen molar-refractivity contribution in [1.82, 2.24) is 9.47 Å². The second kappa shape index (κ2) is 7.89. The first-order valence-electron chi connectivity index (χ1n) is 11.3. The van der Waals surface area contributed by atoms with Crippen molar-refractivity contribution in [3.05, 3.63) is 88.3 Å². The molecule has 0 radical (unpaired) electrons. The quantitative estimate of drug-likeness (QED) is 0.436. The highest BCUT2D eigenvalue weighted by Gasteiger charge is 2.38. The highest BCUT2D eigenvalue weighted by molar-refractivity contribution is 7.22. The topological polar surface area (TPSA) is 51.5 Å². The fraction of sp³-hybridized carbons (Fsp3) is 0.259. The van der Waals surface area contributed by atoms with Crippen molar-refractivity contribution in [3.63, 3.8) is 0 Å². The maximum absolute atomic E-state index is 13.3. The van der Waals surface area contributed by atoms with E-state index in [-0.39, 0.29) is 23.3 Å². The van der Waals surface area contributed by atoms with Crippen LogP contribution in [0.1, 0.15) is 28.4 Å². The number of rotatable bonds is 3. The second-order valence-electron chi connectivity index (χ2n) is 8.97. The zero-order chi connectivity index (χ0) is 22.5. The summed E-state index contributed by atoms with van der Waals surface area (Å²) in [6.07, 6.45) is 1.01. The van der Waals surface area contributed by atoms with Gasteiger partial charge in [-0.05, 0) is 60.2 Å². The molecule has 6 rings (SSSR count). The molecule has 0 aliphatic carbocycles. The summed E-state index contributed by atoms with van der Waals surface area (Å²) in [4.78, 5) is 29.3. The molecule has 2 aromatic carbocycles. The molecule has 0 saturated carbocycles. The molecule has 4 heterocycles. The minimum Gasteiger partial charge on any atom is -0.497 e. The fourth-order valence-corrected chi connectivity index (χ4v) is 6.52. The summed E-state index contributed by atoms with van der Waals surface area (Å²) in [7, 11) is 1.62. The number of benzene rings is 2. The van der Waals surface area contributed by atoms with E-state index in [2.05, 4.69) is 30.3 Å². The van der Waals surface area contributed by atoms with E-state index in [1.807, 2.05) is 39.8 Å². The van der Waals surface area contributed by atoms with Crippen molar-refractivity contribution in [2.75, 3.05) is 20.2 Å². The summed E-state index contributed by atoms with van der Waals surface area (Å²) in [6.45, 7) is 1.97. The number of fused-ring (bicyclic) bond motifs is 5. The molecule has 2 unspecified atom stereocenters. The standard InChI is InChI=1S/C27H24N2O3S/c1-32-21-8-6-18(7-9-21)27(31)28-14-17-12-20(16-28)26-22(10-11-25(30)29(26)15-17)24-13-19-4-2-3-5-23(19)33-24/h2-11,13,17,20H,12,14-16H2,1H3. The number of amides is 1. The predicted octanol–water partition coefficient (Wildman–Crippen LogP) is 5.00. The van der Waals surface area contributed by atoms with Crippen molar-refractivity contribution in [2.45, 2.75) is 18.9 Å². The lowest BCUT2D eigenvalue weighted by Crippen LogP contribution is -2.49. The maximum atomic E-state index is 13.3. The van der Waals surface area contributed by atoms with E-state index >= 15 is 0 Å². The van der Waals surface area contributed by atoms with Crippen molar-refractivity contribution in [1.29, 1.82) is 0 Å². The van der Waals surface area contributed by atoms with Crippen molar-refractivity contribution < 1.29 is 9.53 Å². The van der Waals surface area contributed by atoms with Gasteiger partial charge >= 0.3 is 0 Å². The van der Waals surface area contributed by atoms with Gasteiger partial charge in [-0.1, -0.05) is 18.2 Å². The van der Waals surface area contributed by atoms with E-state index in [0.717, 1.165) is 23.4 Å². The Labute approximate surface area is 195 Å². The molecular formula is C27H24N2O3S.